The summed E-state index contributed by atoms with van der Waals surface area (Å²) in [5.74, 6) is -0.238. The van der Waals surface area contributed by atoms with E-state index in [1.165, 1.54) is 0 Å². The van der Waals surface area contributed by atoms with Crippen molar-refractivity contribution in [3.63, 3.8) is 0 Å². The number of hydrogen-bond donors (Lipinski definition) is 1. The Kier molecular flexibility index (Phi) is 3.96. The Hall–Kier alpha value is -3.11. The van der Waals surface area contributed by atoms with Crippen molar-refractivity contribution < 1.29 is 4.79 Å². The number of imidazole rings is 1. The molecule has 1 N–H and O–H groups in total. The molecule has 0 aliphatic heterocycles. The number of anilines is 1. The van der Waals surface area contributed by atoms with Gasteiger partial charge in [-0.1, -0.05) is 41.9 Å². The van der Waals surface area contributed by atoms with E-state index in [4.69, 9.17) is 11.6 Å². The van der Waals surface area contributed by atoms with E-state index in [0.29, 0.717) is 16.3 Å². The number of rotatable bonds is 3. The molecule has 0 radical (unpaired) electrons. The molecule has 0 spiro atoms. The number of nitrogens with zero attached hydrogens (tertiary/aromatic N) is 2. The zero-order valence-corrected chi connectivity index (χ0v) is 13.9. The molecule has 0 fully saturated rings. The summed E-state index contributed by atoms with van der Waals surface area (Å²) in [5.41, 5.74) is 3.80. The Balaban J connectivity index is 1.63. The molecule has 0 aliphatic rings. The third-order valence-corrected chi connectivity index (χ3v) is 4.23. The molecule has 0 unspecified atom stereocenters. The maximum atomic E-state index is 12.4. The van der Waals surface area contributed by atoms with E-state index < -0.39 is 0 Å². The van der Waals surface area contributed by atoms with E-state index in [0.717, 1.165) is 16.9 Å². The number of carbonyl (C=O) groups excluding carboxylic acids is 1. The first-order valence-corrected chi connectivity index (χ1v) is 8.18. The van der Waals surface area contributed by atoms with Crippen LogP contribution in [0.2, 0.25) is 5.02 Å². The van der Waals surface area contributed by atoms with Crippen molar-refractivity contribution in [3.05, 3.63) is 89.7 Å². The average Bonchev–Trinajstić information content (AvgIpc) is 3.06. The molecule has 0 bridgehead atoms. The van der Waals surface area contributed by atoms with Crippen LogP contribution in [0.5, 0.6) is 0 Å². The molecule has 2 aromatic heterocycles. The molecule has 0 saturated heterocycles. The SMILES string of the molecule is O=C(Nc1cccc(-c2cn3ccccc3n2)c1)c1ccccc1Cl. The number of halogens is 1. The van der Waals surface area contributed by atoms with Crippen LogP contribution in [0.25, 0.3) is 16.9 Å². The van der Waals surface area contributed by atoms with Crippen LogP contribution in [0.15, 0.2) is 79.1 Å². The number of aromatic nitrogens is 2. The second kappa shape index (κ2) is 6.42. The fourth-order valence-corrected chi connectivity index (χ4v) is 2.90. The van der Waals surface area contributed by atoms with Crippen molar-refractivity contribution in [2.45, 2.75) is 0 Å². The van der Waals surface area contributed by atoms with Crippen LogP contribution in [0, 0.1) is 0 Å². The highest BCUT2D eigenvalue weighted by Crippen LogP contribution is 2.23. The molecule has 4 aromatic rings. The normalized spacial score (nSPS) is 10.8. The van der Waals surface area contributed by atoms with Gasteiger partial charge in [-0.3, -0.25) is 4.79 Å². The lowest BCUT2D eigenvalue weighted by Crippen LogP contribution is -2.12. The summed E-state index contributed by atoms with van der Waals surface area (Å²) in [4.78, 5) is 17.0. The Morgan fingerprint density at radius 3 is 2.68 bits per heavy atom. The van der Waals surface area contributed by atoms with Gasteiger partial charge >= 0.3 is 0 Å². The molecular weight excluding hydrogens is 334 g/mol. The van der Waals surface area contributed by atoms with Gasteiger partial charge in [0.2, 0.25) is 0 Å². The zero-order valence-electron chi connectivity index (χ0n) is 13.2. The minimum atomic E-state index is -0.238. The number of carbonyl (C=O) groups is 1. The third-order valence-electron chi connectivity index (χ3n) is 3.90. The van der Waals surface area contributed by atoms with Crippen molar-refractivity contribution in [2.24, 2.45) is 0 Å². The van der Waals surface area contributed by atoms with Gasteiger partial charge in [-0.25, -0.2) is 4.98 Å². The molecule has 0 aliphatic carbocycles. The fraction of sp³-hybridized carbons (Fsp3) is 0. The molecule has 25 heavy (non-hydrogen) atoms. The summed E-state index contributed by atoms with van der Waals surface area (Å²) < 4.78 is 1.96. The summed E-state index contributed by atoms with van der Waals surface area (Å²) in [7, 11) is 0. The van der Waals surface area contributed by atoms with Crippen LogP contribution >= 0.6 is 11.6 Å². The number of fused-ring (bicyclic) bond motifs is 1. The summed E-state index contributed by atoms with van der Waals surface area (Å²) in [5, 5.41) is 3.31. The van der Waals surface area contributed by atoms with E-state index in [9.17, 15) is 4.79 Å². The third kappa shape index (κ3) is 3.12. The van der Waals surface area contributed by atoms with Gasteiger partial charge in [0.1, 0.15) is 5.65 Å². The van der Waals surface area contributed by atoms with Crippen molar-refractivity contribution >= 4 is 28.8 Å². The van der Waals surface area contributed by atoms with Gasteiger partial charge in [0.05, 0.1) is 16.3 Å². The van der Waals surface area contributed by atoms with Crippen molar-refractivity contribution in [1.29, 1.82) is 0 Å². The first kappa shape index (κ1) is 15.4. The Morgan fingerprint density at radius 2 is 1.84 bits per heavy atom. The fourth-order valence-electron chi connectivity index (χ4n) is 2.67. The average molecular weight is 348 g/mol. The summed E-state index contributed by atoms with van der Waals surface area (Å²) in [6, 6.07) is 20.4. The molecule has 5 heteroatoms. The topological polar surface area (TPSA) is 46.4 Å². The lowest BCUT2D eigenvalue weighted by Gasteiger charge is -2.07. The first-order valence-electron chi connectivity index (χ1n) is 7.81. The van der Waals surface area contributed by atoms with Gasteiger partial charge in [-0.05, 0) is 36.4 Å². The van der Waals surface area contributed by atoms with Crippen molar-refractivity contribution in [1.82, 2.24) is 9.38 Å². The quantitative estimate of drug-likeness (QED) is 0.572. The highest BCUT2D eigenvalue weighted by molar-refractivity contribution is 6.34. The first-order chi connectivity index (χ1) is 12.2. The van der Waals surface area contributed by atoms with Gasteiger partial charge in [0.25, 0.3) is 5.91 Å². The Bertz CT molecular complexity index is 1040. The molecule has 0 saturated carbocycles. The number of hydrogen-bond acceptors (Lipinski definition) is 2. The molecule has 2 heterocycles. The standard InChI is InChI=1S/C20H14ClN3O/c21-17-9-2-1-8-16(17)20(25)22-15-7-5-6-14(12-15)18-13-24-11-4-3-10-19(24)23-18/h1-13H,(H,22,25). The Morgan fingerprint density at radius 1 is 1.00 bits per heavy atom. The predicted octanol–water partition coefficient (Wildman–Crippen LogP) is 4.91. The van der Waals surface area contributed by atoms with Gasteiger partial charge in [-0.2, -0.15) is 0 Å². The smallest absolute Gasteiger partial charge is 0.257 e. The van der Waals surface area contributed by atoms with Crippen LogP contribution in [0.1, 0.15) is 10.4 Å². The molecule has 2 aromatic carbocycles. The van der Waals surface area contributed by atoms with Crippen LogP contribution in [-0.4, -0.2) is 15.3 Å². The predicted molar refractivity (Wildman–Crippen MR) is 100 cm³/mol. The van der Waals surface area contributed by atoms with Crippen LogP contribution < -0.4 is 5.32 Å². The molecule has 0 atom stereocenters. The molecule has 4 nitrogen and oxygen atoms in total. The largest absolute Gasteiger partial charge is 0.322 e. The number of pyridine rings is 1. The number of amides is 1. The second-order valence-electron chi connectivity index (χ2n) is 5.61. The van der Waals surface area contributed by atoms with Crippen molar-refractivity contribution in [2.75, 3.05) is 5.32 Å². The Labute approximate surface area is 149 Å². The van der Waals surface area contributed by atoms with E-state index in [2.05, 4.69) is 10.3 Å². The van der Waals surface area contributed by atoms with Gasteiger partial charge < -0.3 is 9.72 Å². The molecule has 122 valence electrons. The highest BCUT2D eigenvalue weighted by atomic mass is 35.5. The van der Waals surface area contributed by atoms with Crippen molar-refractivity contribution in [3.8, 4) is 11.3 Å². The van der Waals surface area contributed by atoms with E-state index in [1.54, 1.807) is 24.3 Å². The lowest BCUT2D eigenvalue weighted by molar-refractivity contribution is 0.102. The van der Waals surface area contributed by atoms with Crippen LogP contribution in [0.4, 0.5) is 5.69 Å². The monoisotopic (exact) mass is 347 g/mol. The van der Waals surface area contributed by atoms with Gasteiger partial charge in [-0.15, -0.1) is 0 Å². The minimum absolute atomic E-state index is 0.238. The second-order valence-corrected chi connectivity index (χ2v) is 6.01. The van der Waals surface area contributed by atoms with Gasteiger partial charge in [0.15, 0.2) is 0 Å². The lowest BCUT2D eigenvalue weighted by atomic mass is 10.1. The summed E-state index contributed by atoms with van der Waals surface area (Å²) >= 11 is 6.08. The molecule has 4 rings (SSSR count). The molecular formula is C20H14ClN3O. The van der Waals surface area contributed by atoms with E-state index in [1.807, 2.05) is 59.3 Å². The maximum Gasteiger partial charge on any atom is 0.257 e. The van der Waals surface area contributed by atoms with Crippen LogP contribution in [-0.2, 0) is 0 Å². The zero-order chi connectivity index (χ0) is 17.2. The molecule has 1 amide bonds. The summed E-state index contributed by atoms with van der Waals surface area (Å²) in [6.07, 6.45) is 3.92. The van der Waals surface area contributed by atoms with Gasteiger partial charge in [0, 0.05) is 23.6 Å². The maximum absolute atomic E-state index is 12.4. The highest BCUT2D eigenvalue weighted by Gasteiger charge is 2.11. The van der Waals surface area contributed by atoms with E-state index >= 15 is 0 Å². The van der Waals surface area contributed by atoms with E-state index in [-0.39, 0.29) is 5.91 Å². The number of benzene rings is 2. The summed E-state index contributed by atoms with van der Waals surface area (Å²) in [6.45, 7) is 0. The minimum Gasteiger partial charge on any atom is -0.322 e. The van der Waals surface area contributed by atoms with Crippen LogP contribution in [0.3, 0.4) is 0 Å². The number of nitrogens with one attached hydrogen (secondary N) is 1.